The molecule has 1 rings (SSSR count). The molecule has 1 aromatic rings. The van der Waals surface area contributed by atoms with E-state index in [0.717, 1.165) is 17.8 Å². The molecule has 0 heterocycles. The molecule has 0 aromatic heterocycles. The van der Waals surface area contributed by atoms with Gasteiger partial charge < -0.3 is 20.1 Å². The highest BCUT2D eigenvalue weighted by Crippen LogP contribution is 2.33. The zero-order chi connectivity index (χ0) is 13.5. The number of halogens is 1. The summed E-state index contributed by atoms with van der Waals surface area (Å²) in [5, 5.41) is 6.01. The molecule has 5 nitrogen and oxygen atoms in total. The predicted octanol–water partition coefficient (Wildman–Crippen LogP) is 2.19. The first-order valence-electron chi connectivity index (χ1n) is 5.85. The molecule has 0 unspecified atom stereocenters. The van der Waals surface area contributed by atoms with Gasteiger partial charge in [-0.25, -0.2) is 0 Å². The Bertz CT molecular complexity index is 425. The van der Waals surface area contributed by atoms with Crippen LogP contribution in [-0.4, -0.2) is 26.7 Å². The summed E-state index contributed by atoms with van der Waals surface area (Å²) in [5.74, 6) is 1.14. The van der Waals surface area contributed by atoms with Crippen molar-refractivity contribution in [3.8, 4) is 11.5 Å². The number of carbonyl (C=O) groups excluding carboxylic acids is 1. The van der Waals surface area contributed by atoms with Gasteiger partial charge in [-0.05, 0) is 18.2 Å². The number of nitrogens with one attached hydrogen (secondary N) is 2. The Morgan fingerprint density at radius 3 is 2.26 bits per heavy atom. The van der Waals surface area contributed by atoms with Crippen LogP contribution in [0.1, 0.15) is 19.4 Å². The molecule has 0 radical (unpaired) electrons. The second-order valence-electron chi connectivity index (χ2n) is 3.83. The Balaban J connectivity index is 0.00000324. The number of anilines is 1. The normalized spacial score (nSPS) is 9.47. The van der Waals surface area contributed by atoms with E-state index in [1.807, 2.05) is 13.0 Å². The first-order chi connectivity index (χ1) is 8.62. The molecule has 19 heavy (non-hydrogen) atoms. The lowest BCUT2D eigenvalue weighted by Gasteiger charge is -2.15. The van der Waals surface area contributed by atoms with Crippen molar-refractivity contribution in [2.45, 2.75) is 20.4 Å². The Labute approximate surface area is 120 Å². The highest BCUT2D eigenvalue weighted by atomic mass is 35.5. The molecule has 6 heteroatoms. The van der Waals surface area contributed by atoms with Gasteiger partial charge in [-0.3, -0.25) is 4.79 Å². The summed E-state index contributed by atoms with van der Waals surface area (Å²) in [6.45, 7) is 5.02. The average Bonchev–Trinajstić information content (AvgIpc) is 2.36. The van der Waals surface area contributed by atoms with E-state index in [2.05, 4.69) is 10.6 Å². The van der Waals surface area contributed by atoms with Crippen LogP contribution in [0.25, 0.3) is 0 Å². The Morgan fingerprint density at radius 2 is 1.79 bits per heavy atom. The average molecular weight is 289 g/mol. The summed E-state index contributed by atoms with van der Waals surface area (Å²) in [5.41, 5.74) is 1.70. The summed E-state index contributed by atoms with van der Waals surface area (Å²) >= 11 is 0. The summed E-state index contributed by atoms with van der Waals surface area (Å²) in [6.07, 6.45) is 0. The van der Waals surface area contributed by atoms with E-state index in [0.29, 0.717) is 18.0 Å². The van der Waals surface area contributed by atoms with Crippen LogP contribution < -0.4 is 20.1 Å². The molecule has 2 N–H and O–H groups in total. The third kappa shape index (κ3) is 4.96. The molecule has 108 valence electrons. The number of rotatable bonds is 6. The molecule has 0 bridgehead atoms. The van der Waals surface area contributed by atoms with Crippen LogP contribution in [0.2, 0.25) is 0 Å². The standard InChI is InChI=1S/C13H20N2O3.ClH/c1-5-14-8-10-6-12(17-3)13(18-4)7-11(10)15-9(2)16;/h6-7,14H,5,8H2,1-4H3,(H,15,16);1H. The van der Waals surface area contributed by atoms with Gasteiger partial charge in [0, 0.05) is 25.2 Å². The zero-order valence-corrected chi connectivity index (χ0v) is 12.5. The van der Waals surface area contributed by atoms with Crippen molar-refractivity contribution in [1.29, 1.82) is 0 Å². The van der Waals surface area contributed by atoms with Crippen LogP contribution in [0.15, 0.2) is 12.1 Å². The van der Waals surface area contributed by atoms with Gasteiger partial charge in [0.15, 0.2) is 11.5 Å². The van der Waals surface area contributed by atoms with Crippen molar-refractivity contribution in [2.75, 3.05) is 26.1 Å². The van der Waals surface area contributed by atoms with Crippen molar-refractivity contribution in [3.63, 3.8) is 0 Å². The van der Waals surface area contributed by atoms with Gasteiger partial charge in [-0.15, -0.1) is 12.4 Å². The van der Waals surface area contributed by atoms with Crippen LogP contribution in [0.5, 0.6) is 11.5 Å². The minimum Gasteiger partial charge on any atom is -0.493 e. The maximum absolute atomic E-state index is 11.2. The summed E-state index contributed by atoms with van der Waals surface area (Å²) in [4.78, 5) is 11.2. The molecule has 0 fully saturated rings. The maximum Gasteiger partial charge on any atom is 0.221 e. The quantitative estimate of drug-likeness (QED) is 0.842. The number of ether oxygens (including phenoxy) is 2. The molecule has 1 aromatic carbocycles. The third-order valence-corrected chi connectivity index (χ3v) is 2.49. The zero-order valence-electron chi connectivity index (χ0n) is 11.7. The summed E-state index contributed by atoms with van der Waals surface area (Å²) in [7, 11) is 3.16. The highest BCUT2D eigenvalue weighted by molar-refractivity contribution is 5.90. The number of benzene rings is 1. The molecule has 1 amide bonds. The Kier molecular flexibility index (Phi) is 7.95. The molecular weight excluding hydrogens is 268 g/mol. The molecule has 0 aliphatic carbocycles. The van der Waals surface area contributed by atoms with Gasteiger partial charge in [0.05, 0.1) is 14.2 Å². The largest absolute Gasteiger partial charge is 0.493 e. The lowest BCUT2D eigenvalue weighted by molar-refractivity contribution is -0.114. The number of hydrogen-bond acceptors (Lipinski definition) is 4. The number of amides is 1. The van der Waals surface area contributed by atoms with Crippen LogP contribution in [-0.2, 0) is 11.3 Å². The summed E-state index contributed by atoms with van der Waals surface area (Å²) < 4.78 is 10.5. The first kappa shape index (κ1) is 17.5. The van der Waals surface area contributed by atoms with Gasteiger partial charge in [-0.1, -0.05) is 6.92 Å². The van der Waals surface area contributed by atoms with Crippen molar-refractivity contribution >= 4 is 24.0 Å². The molecule has 0 atom stereocenters. The molecule has 0 aliphatic rings. The fourth-order valence-electron chi connectivity index (χ4n) is 1.63. The third-order valence-electron chi connectivity index (χ3n) is 2.49. The lowest BCUT2D eigenvalue weighted by Crippen LogP contribution is -2.15. The van der Waals surface area contributed by atoms with E-state index < -0.39 is 0 Å². The van der Waals surface area contributed by atoms with E-state index in [1.165, 1.54) is 6.92 Å². The van der Waals surface area contributed by atoms with Gasteiger partial charge in [-0.2, -0.15) is 0 Å². The van der Waals surface area contributed by atoms with Gasteiger partial charge in [0.25, 0.3) is 0 Å². The Hall–Kier alpha value is -1.46. The topological polar surface area (TPSA) is 59.6 Å². The Morgan fingerprint density at radius 1 is 1.21 bits per heavy atom. The van der Waals surface area contributed by atoms with E-state index >= 15 is 0 Å². The van der Waals surface area contributed by atoms with E-state index in [4.69, 9.17) is 9.47 Å². The highest BCUT2D eigenvalue weighted by Gasteiger charge is 2.11. The maximum atomic E-state index is 11.2. The van der Waals surface area contributed by atoms with Crippen molar-refractivity contribution < 1.29 is 14.3 Å². The smallest absolute Gasteiger partial charge is 0.221 e. The van der Waals surface area contributed by atoms with Gasteiger partial charge >= 0.3 is 0 Å². The second-order valence-corrected chi connectivity index (χ2v) is 3.83. The van der Waals surface area contributed by atoms with Crippen molar-refractivity contribution in [1.82, 2.24) is 5.32 Å². The monoisotopic (exact) mass is 288 g/mol. The lowest BCUT2D eigenvalue weighted by atomic mass is 10.1. The predicted molar refractivity (Wildman–Crippen MR) is 78.5 cm³/mol. The summed E-state index contributed by atoms with van der Waals surface area (Å²) in [6, 6.07) is 3.64. The fraction of sp³-hybridized carbons (Fsp3) is 0.462. The minimum absolute atomic E-state index is 0. The van der Waals surface area contributed by atoms with Crippen molar-refractivity contribution in [3.05, 3.63) is 17.7 Å². The van der Waals surface area contributed by atoms with E-state index in [1.54, 1.807) is 20.3 Å². The molecule has 0 saturated carbocycles. The van der Waals surface area contributed by atoms with Gasteiger partial charge in [0.2, 0.25) is 5.91 Å². The minimum atomic E-state index is -0.111. The van der Waals surface area contributed by atoms with Crippen molar-refractivity contribution in [2.24, 2.45) is 0 Å². The first-order valence-corrected chi connectivity index (χ1v) is 5.85. The van der Waals surface area contributed by atoms with Crippen LogP contribution in [0.4, 0.5) is 5.69 Å². The fourth-order valence-corrected chi connectivity index (χ4v) is 1.63. The number of carbonyl (C=O) groups is 1. The molecular formula is C13H21ClN2O3. The van der Waals surface area contributed by atoms with E-state index in [-0.39, 0.29) is 18.3 Å². The number of hydrogen-bond donors (Lipinski definition) is 2. The SMILES string of the molecule is CCNCc1cc(OC)c(OC)cc1NC(C)=O.Cl. The van der Waals surface area contributed by atoms with E-state index in [9.17, 15) is 4.79 Å². The van der Waals surface area contributed by atoms with Crippen LogP contribution in [0.3, 0.4) is 0 Å². The molecule has 0 aliphatic heterocycles. The molecule has 0 saturated heterocycles. The molecule has 0 spiro atoms. The van der Waals surface area contributed by atoms with Crippen LogP contribution in [0, 0.1) is 0 Å². The van der Waals surface area contributed by atoms with Gasteiger partial charge in [0.1, 0.15) is 0 Å². The second kappa shape index (κ2) is 8.61. The van der Waals surface area contributed by atoms with Crippen LogP contribution >= 0.6 is 12.4 Å². The number of methoxy groups -OCH3 is 2.